The number of nitrogens with two attached hydrogens (primary N) is 1. The first-order valence-corrected chi connectivity index (χ1v) is 4.74. The van der Waals surface area contributed by atoms with Crippen molar-refractivity contribution in [1.29, 1.82) is 0 Å². The zero-order valence-electron chi connectivity index (χ0n) is 7.30. The maximum atomic E-state index is 13.2. The molecule has 0 fully saturated rings. The van der Waals surface area contributed by atoms with Gasteiger partial charge in [0, 0.05) is 17.7 Å². The van der Waals surface area contributed by atoms with Crippen LogP contribution in [0.5, 0.6) is 0 Å². The molecule has 2 N–H and O–H groups in total. The smallest absolute Gasteiger partial charge is 0.170 e. The van der Waals surface area contributed by atoms with Crippen LogP contribution in [0, 0.1) is 11.6 Å². The number of rotatable bonds is 1. The van der Waals surface area contributed by atoms with Gasteiger partial charge < -0.3 is 10.3 Å². The van der Waals surface area contributed by atoms with E-state index in [1.54, 1.807) is 0 Å². The Bertz CT molecular complexity index is 513. The minimum Gasteiger partial charge on any atom is -0.381 e. The first-order chi connectivity index (χ1) is 7.08. The van der Waals surface area contributed by atoms with Crippen LogP contribution in [-0.2, 0) is 0 Å². The summed E-state index contributed by atoms with van der Waals surface area (Å²) in [4.78, 5) is 0. The molecule has 1 aromatic heterocycles. The highest BCUT2D eigenvalue weighted by Gasteiger charge is 2.14. The Kier molecular flexibility index (Phi) is 2.44. The third-order valence-electron chi connectivity index (χ3n) is 1.79. The SMILES string of the molecule is Nc1cc(-c2cc(F)cc(F)c2Br)on1. The van der Waals surface area contributed by atoms with Crippen molar-refractivity contribution < 1.29 is 13.3 Å². The van der Waals surface area contributed by atoms with Crippen molar-refractivity contribution in [3.63, 3.8) is 0 Å². The normalized spacial score (nSPS) is 10.6. The number of halogens is 3. The van der Waals surface area contributed by atoms with Crippen LogP contribution >= 0.6 is 15.9 Å². The van der Waals surface area contributed by atoms with E-state index in [2.05, 4.69) is 21.1 Å². The Morgan fingerprint density at radius 2 is 2.00 bits per heavy atom. The lowest BCUT2D eigenvalue weighted by Crippen LogP contribution is -1.86. The predicted molar refractivity (Wildman–Crippen MR) is 54.0 cm³/mol. The fraction of sp³-hybridized carbons (Fsp3) is 0. The van der Waals surface area contributed by atoms with Crippen LogP contribution < -0.4 is 5.73 Å². The molecule has 0 unspecified atom stereocenters. The monoisotopic (exact) mass is 274 g/mol. The molecule has 0 amide bonds. The van der Waals surface area contributed by atoms with Crippen LogP contribution in [0.2, 0.25) is 0 Å². The van der Waals surface area contributed by atoms with Crippen molar-refractivity contribution >= 4 is 21.7 Å². The lowest BCUT2D eigenvalue weighted by Gasteiger charge is -2.01. The highest BCUT2D eigenvalue weighted by molar-refractivity contribution is 9.10. The van der Waals surface area contributed by atoms with Crippen LogP contribution in [0.1, 0.15) is 0 Å². The van der Waals surface area contributed by atoms with E-state index < -0.39 is 11.6 Å². The molecule has 15 heavy (non-hydrogen) atoms. The first-order valence-electron chi connectivity index (χ1n) is 3.95. The Balaban J connectivity index is 2.62. The number of hydrogen-bond acceptors (Lipinski definition) is 3. The van der Waals surface area contributed by atoms with Gasteiger partial charge in [-0.3, -0.25) is 0 Å². The summed E-state index contributed by atoms with van der Waals surface area (Å²) < 4.78 is 31.0. The second-order valence-corrected chi connectivity index (χ2v) is 3.66. The zero-order valence-corrected chi connectivity index (χ0v) is 8.88. The van der Waals surface area contributed by atoms with E-state index in [0.29, 0.717) is 0 Å². The summed E-state index contributed by atoms with van der Waals surface area (Å²) in [5.41, 5.74) is 5.57. The minimum absolute atomic E-state index is 0.111. The summed E-state index contributed by atoms with van der Waals surface area (Å²) >= 11 is 2.99. The molecule has 0 aliphatic carbocycles. The van der Waals surface area contributed by atoms with E-state index >= 15 is 0 Å². The summed E-state index contributed by atoms with van der Waals surface area (Å²) in [6, 6.07) is 3.29. The molecule has 0 saturated heterocycles. The molecule has 78 valence electrons. The van der Waals surface area contributed by atoms with E-state index in [1.807, 2.05) is 0 Å². The molecule has 0 saturated carbocycles. The van der Waals surface area contributed by atoms with E-state index in [0.717, 1.165) is 12.1 Å². The lowest BCUT2D eigenvalue weighted by molar-refractivity contribution is 0.435. The van der Waals surface area contributed by atoms with Crippen molar-refractivity contribution in [2.45, 2.75) is 0 Å². The van der Waals surface area contributed by atoms with E-state index in [9.17, 15) is 8.78 Å². The predicted octanol–water partition coefficient (Wildman–Crippen LogP) is 2.96. The van der Waals surface area contributed by atoms with Gasteiger partial charge in [-0.25, -0.2) is 8.78 Å². The van der Waals surface area contributed by atoms with Gasteiger partial charge in [-0.05, 0) is 22.0 Å². The molecule has 6 heteroatoms. The van der Waals surface area contributed by atoms with Gasteiger partial charge in [-0.1, -0.05) is 5.16 Å². The number of anilines is 1. The van der Waals surface area contributed by atoms with Gasteiger partial charge in [0.2, 0.25) is 0 Å². The molecule has 0 aliphatic rings. The van der Waals surface area contributed by atoms with Crippen LogP contribution in [-0.4, -0.2) is 5.16 Å². The maximum absolute atomic E-state index is 13.2. The molecule has 2 rings (SSSR count). The fourth-order valence-electron chi connectivity index (χ4n) is 1.15. The van der Waals surface area contributed by atoms with E-state index in [1.165, 1.54) is 6.07 Å². The topological polar surface area (TPSA) is 52.0 Å². The third kappa shape index (κ3) is 1.85. The zero-order chi connectivity index (χ0) is 11.0. The van der Waals surface area contributed by atoms with Gasteiger partial charge in [-0.15, -0.1) is 0 Å². The van der Waals surface area contributed by atoms with Crippen LogP contribution in [0.25, 0.3) is 11.3 Å². The van der Waals surface area contributed by atoms with Crippen LogP contribution in [0.3, 0.4) is 0 Å². The number of benzene rings is 1. The van der Waals surface area contributed by atoms with Crippen molar-refractivity contribution in [1.82, 2.24) is 5.16 Å². The average Bonchev–Trinajstić information content (AvgIpc) is 2.58. The molecule has 3 nitrogen and oxygen atoms in total. The van der Waals surface area contributed by atoms with Crippen LogP contribution in [0.15, 0.2) is 27.2 Å². The second-order valence-electron chi connectivity index (χ2n) is 2.87. The largest absolute Gasteiger partial charge is 0.381 e. The van der Waals surface area contributed by atoms with Gasteiger partial charge >= 0.3 is 0 Å². The Morgan fingerprint density at radius 1 is 1.27 bits per heavy atom. The lowest BCUT2D eigenvalue weighted by atomic mass is 10.1. The average molecular weight is 275 g/mol. The van der Waals surface area contributed by atoms with Gasteiger partial charge in [0.05, 0.1) is 4.47 Å². The summed E-state index contributed by atoms with van der Waals surface area (Å²) in [7, 11) is 0. The van der Waals surface area contributed by atoms with Crippen molar-refractivity contribution in [2.75, 3.05) is 5.73 Å². The van der Waals surface area contributed by atoms with Crippen LogP contribution in [0.4, 0.5) is 14.6 Å². The Morgan fingerprint density at radius 3 is 2.60 bits per heavy atom. The number of nitrogen functional groups attached to an aromatic ring is 1. The molecule has 1 heterocycles. The van der Waals surface area contributed by atoms with Crippen molar-refractivity contribution in [2.24, 2.45) is 0 Å². The van der Waals surface area contributed by atoms with E-state index in [-0.39, 0.29) is 21.6 Å². The second kappa shape index (κ2) is 3.62. The number of aromatic nitrogens is 1. The van der Waals surface area contributed by atoms with Crippen molar-refractivity contribution in [3.8, 4) is 11.3 Å². The Hall–Kier alpha value is -1.43. The summed E-state index contributed by atoms with van der Waals surface area (Å²) in [6.07, 6.45) is 0. The number of hydrogen-bond donors (Lipinski definition) is 1. The fourth-order valence-corrected chi connectivity index (χ4v) is 1.58. The minimum atomic E-state index is -0.708. The molecular formula is C9H5BrF2N2O. The molecule has 1 aromatic carbocycles. The summed E-state index contributed by atoms with van der Waals surface area (Å²) in [5.74, 6) is -1.04. The quantitative estimate of drug-likeness (QED) is 0.814. The van der Waals surface area contributed by atoms with Gasteiger partial charge in [-0.2, -0.15) is 0 Å². The summed E-state index contributed by atoms with van der Waals surface area (Å²) in [6.45, 7) is 0. The number of nitrogens with zero attached hydrogens (tertiary/aromatic N) is 1. The summed E-state index contributed by atoms with van der Waals surface area (Å²) in [5, 5.41) is 3.43. The molecule has 0 spiro atoms. The van der Waals surface area contributed by atoms with Gasteiger partial charge in [0.1, 0.15) is 11.6 Å². The molecule has 0 bridgehead atoms. The van der Waals surface area contributed by atoms with Gasteiger partial charge in [0.25, 0.3) is 0 Å². The standard InChI is InChI=1S/C9H5BrF2N2O/c10-9-5(1-4(11)2-6(9)12)7-3-8(13)14-15-7/h1-3H,(H2,13,14). The first kappa shape index (κ1) is 10.1. The third-order valence-corrected chi connectivity index (χ3v) is 2.59. The Labute approximate surface area is 92.0 Å². The maximum Gasteiger partial charge on any atom is 0.170 e. The molecular weight excluding hydrogens is 270 g/mol. The highest BCUT2D eigenvalue weighted by atomic mass is 79.9. The molecule has 0 aliphatic heterocycles. The molecule has 2 aromatic rings. The van der Waals surface area contributed by atoms with Gasteiger partial charge in [0.15, 0.2) is 11.6 Å². The highest BCUT2D eigenvalue weighted by Crippen LogP contribution is 2.32. The van der Waals surface area contributed by atoms with Crippen molar-refractivity contribution in [3.05, 3.63) is 34.3 Å². The molecule has 0 atom stereocenters. The van der Waals surface area contributed by atoms with E-state index in [4.69, 9.17) is 10.3 Å². The molecule has 0 radical (unpaired) electrons.